The molecule has 21 heavy (non-hydrogen) atoms. The van der Waals surface area contributed by atoms with Gasteiger partial charge in [-0.05, 0) is 23.8 Å². The summed E-state index contributed by atoms with van der Waals surface area (Å²) in [6.45, 7) is 6.33. The molecule has 0 aliphatic rings. The highest BCUT2D eigenvalue weighted by Gasteiger charge is 2.16. The lowest BCUT2D eigenvalue weighted by Crippen LogP contribution is -2.06. The van der Waals surface area contributed by atoms with E-state index < -0.39 is 0 Å². The van der Waals surface area contributed by atoms with Crippen LogP contribution in [0.5, 0.6) is 0 Å². The minimum absolute atomic E-state index is 0.305. The van der Waals surface area contributed by atoms with Crippen LogP contribution in [0.1, 0.15) is 31.2 Å². The summed E-state index contributed by atoms with van der Waals surface area (Å²) in [5, 5.41) is 6.60. The predicted octanol–water partition coefficient (Wildman–Crippen LogP) is 4.83. The molecule has 0 aliphatic heterocycles. The van der Waals surface area contributed by atoms with Gasteiger partial charge in [-0.15, -0.1) is 11.3 Å². The number of aromatic nitrogens is 2. The van der Waals surface area contributed by atoms with Gasteiger partial charge in [0.25, 0.3) is 0 Å². The molecule has 0 saturated heterocycles. The molecule has 2 aromatic heterocycles. The van der Waals surface area contributed by atoms with E-state index in [0.29, 0.717) is 5.92 Å². The van der Waals surface area contributed by atoms with Gasteiger partial charge in [0.2, 0.25) is 0 Å². The van der Waals surface area contributed by atoms with Crippen molar-refractivity contribution in [3.63, 3.8) is 0 Å². The van der Waals surface area contributed by atoms with Gasteiger partial charge < -0.3 is 5.32 Å². The summed E-state index contributed by atoms with van der Waals surface area (Å²) in [7, 11) is 1.91. The molecule has 0 unspecified atom stereocenters. The van der Waals surface area contributed by atoms with E-state index >= 15 is 0 Å². The summed E-state index contributed by atoms with van der Waals surface area (Å²) in [5.41, 5.74) is 3.33. The minimum atomic E-state index is 0.305. The number of hydrogen-bond donors (Lipinski definition) is 1. The fourth-order valence-corrected chi connectivity index (χ4v) is 3.39. The first kappa shape index (κ1) is 14.0. The molecule has 3 rings (SSSR count). The van der Waals surface area contributed by atoms with Crippen molar-refractivity contribution < 1.29 is 0 Å². The van der Waals surface area contributed by atoms with Crippen LogP contribution in [-0.4, -0.2) is 17.0 Å². The van der Waals surface area contributed by atoms with Gasteiger partial charge in [0.1, 0.15) is 11.6 Å². The second-order valence-corrected chi connectivity index (χ2v) is 6.37. The van der Waals surface area contributed by atoms with Crippen LogP contribution in [0, 0.1) is 6.92 Å². The molecule has 1 aromatic carbocycles. The van der Waals surface area contributed by atoms with Gasteiger partial charge in [0.15, 0.2) is 0 Å². The van der Waals surface area contributed by atoms with Crippen LogP contribution >= 0.6 is 11.3 Å². The van der Waals surface area contributed by atoms with Crippen LogP contribution in [-0.2, 0) is 0 Å². The maximum Gasteiger partial charge on any atom is 0.133 e. The zero-order valence-electron chi connectivity index (χ0n) is 12.8. The fraction of sp³-hybridized carbons (Fsp3) is 0.294. The second kappa shape index (κ2) is 5.45. The van der Waals surface area contributed by atoms with Crippen molar-refractivity contribution in [1.29, 1.82) is 0 Å². The molecule has 0 aliphatic carbocycles. The summed E-state index contributed by atoms with van der Waals surface area (Å²) in [5.74, 6) is 2.10. The highest BCUT2D eigenvalue weighted by atomic mass is 32.1. The molecule has 0 radical (unpaired) electrons. The normalized spacial score (nSPS) is 11.3. The number of nitrogens with one attached hydrogen (secondary N) is 1. The number of hydrogen-bond acceptors (Lipinski definition) is 4. The van der Waals surface area contributed by atoms with E-state index in [1.807, 2.05) is 7.05 Å². The Balaban J connectivity index is 2.30. The van der Waals surface area contributed by atoms with Crippen LogP contribution < -0.4 is 5.32 Å². The molecule has 2 heterocycles. The monoisotopic (exact) mass is 297 g/mol. The maximum absolute atomic E-state index is 4.84. The average Bonchev–Trinajstić information content (AvgIpc) is 2.95. The Labute approximate surface area is 129 Å². The van der Waals surface area contributed by atoms with Crippen LogP contribution in [0.25, 0.3) is 21.3 Å². The largest absolute Gasteiger partial charge is 0.373 e. The zero-order chi connectivity index (χ0) is 15.0. The van der Waals surface area contributed by atoms with Crippen LogP contribution in [0.4, 0.5) is 5.82 Å². The van der Waals surface area contributed by atoms with Gasteiger partial charge >= 0.3 is 0 Å². The Bertz CT molecular complexity index is 790. The SMILES string of the molecule is CNc1nc(C(C)C)nc(-c2cccc3ccsc23)c1C. The van der Waals surface area contributed by atoms with Gasteiger partial charge in [0.05, 0.1) is 5.69 Å². The summed E-state index contributed by atoms with van der Waals surface area (Å²) in [6.07, 6.45) is 0. The van der Waals surface area contributed by atoms with E-state index in [0.717, 1.165) is 22.9 Å². The highest BCUT2D eigenvalue weighted by molar-refractivity contribution is 7.17. The van der Waals surface area contributed by atoms with E-state index in [1.165, 1.54) is 15.6 Å². The molecule has 0 spiro atoms. The minimum Gasteiger partial charge on any atom is -0.373 e. The van der Waals surface area contributed by atoms with E-state index in [9.17, 15) is 0 Å². The first-order chi connectivity index (χ1) is 10.1. The van der Waals surface area contributed by atoms with Gasteiger partial charge in [-0.2, -0.15) is 0 Å². The maximum atomic E-state index is 4.84. The number of nitrogens with zero attached hydrogens (tertiary/aromatic N) is 2. The summed E-state index contributed by atoms with van der Waals surface area (Å²) >= 11 is 1.76. The summed E-state index contributed by atoms with van der Waals surface area (Å²) in [6, 6.07) is 8.55. The number of benzene rings is 1. The lowest BCUT2D eigenvalue weighted by molar-refractivity contribution is 0.775. The number of anilines is 1. The molecule has 0 fully saturated rings. The molecule has 1 N–H and O–H groups in total. The molecular weight excluding hydrogens is 278 g/mol. The Morgan fingerprint density at radius 1 is 1.14 bits per heavy atom. The Morgan fingerprint density at radius 2 is 1.95 bits per heavy atom. The van der Waals surface area contributed by atoms with Crippen LogP contribution in [0.15, 0.2) is 29.6 Å². The van der Waals surface area contributed by atoms with Crippen molar-refractivity contribution in [1.82, 2.24) is 9.97 Å². The molecule has 0 amide bonds. The summed E-state index contributed by atoms with van der Waals surface area (Å²) < 4.78 is 1.29. The second-order valence-electron chi connectivity index (χ2n) is 5.45. The third-order valence-electron chi connectivity index (χ3n) is 3.65. The van der Waals surface area contributed by atoms with E-state index in [1.54, 1.807) is 11.3 Å². The van der Waals surface area contributed by atoms with E-state index in [-0.39, 0.29) is 0 Å². The molecular formula is C17H19N3S. The van der Waals surface area contributed by atoms with E-state index in [4.69, 9.17) is 4.98 Å². The third-order valence-corrected chi connectivity index (χ3v) is 4.61. The number of rotatable bonds is 3. The van der Waals surface area contributed by atoms with Crippen molar-refractivity contribution in [3.8, 4) is 11.3 Å². The van der Waals surface area contributed by atoms with Gasteiger partial charge in [0, 0.05) is 28.8 Å². The highest BCUT2D eigenvalue weighted by Crippen LogP contribution is 2.35. The van der Waals surface area contributed by atoms with Gasteiger partial charge in [-0.1, -0.05) is 32.0 Å². The number of thiophene rings is 1. The van der Waals surface area contributed by atoms with E-state index in [2.05, 4.69) is 60.7 Å². The molecule has 0 atom stereocenters. The summed E-state index contributed by atoms with van der Waals surface area (Å²) in [4.78, 5) is 9.46. The van der Waals surface area contributed by atoms with Crippen LogP contribution in [0.2, 0.25) is 0 Å². The molecule has 4 heteroatoms. The standard InChI is InChI=1S/C17H19N3S/c1-10(2)16-19-14(11(3)17(18-4)20-16)13-7-5-6-12-8-9-21-15(12)13/h5-10H,1-4H3,(H,18,19,20). The van der Waals surface area contributed by atoms with Crippen molar-refractivity contribution >= 4 is 27.2 Å². The van der Waals surface area contributed by atoms with Crippen molar-refractivity contribution in [2.75, 3.05) is 12.4 Å². The first-order valence-corrected chi connectivity index (χ1v) is 8.02. The molecule has 3 nitrogen and oxygen atoms in total. The predicted molar refractivity (Wildman–Crippen MR) is 91.2 cm³/mol. The Morgan fingerprint density at radius 3 is 2.67 bits per heavy atom. The van der Waals surface area contributed by atoms with Crippen molar-refractivity contribution in [2.24, 2.45) is 0 Å². The third kappa shape index (κ3) is 2.40. The molecule has 108 valence electrons. The fourth-order valence-electron chi connectivity index (χ4n) is 2.48. The molecule has 0 bridgehead atoms. The molecule has 3 aromatic rings. The average molecular weight is 297 g/mol. The lowest BCUT2D eigenvalue weighted by atomic mass is 10.0. The molecule has 0 saturated carbocycles. The van der Waals surface area contributed by atoms with Gasteiger partial charge in [-0.25, -0.2) is 9.97 Å². The number of fused-ring (bicyclic) bond motifs is 1. The first-order valence-electron chi connectivity index (χ1n) is 7.14. The van der Waals surface area contributed by atoms with Crippen LogP contribution in [0.3, 0.4) is 0 Å². The zero-order valence-corrected chi connectivity index (χ0v) is 13.6. The quantitative estimate of drug-likeness (QED) is 0.752. The Kier molecular flexibility index (Phi) is 3.64. The lowest BCUT2D eigenvalue weighted by Gasteiger charge is -2.14. The van der Waals surface area contributed by atoms with Crippen molar-refractivity contribution in [3.05, 3.63) is 41.0 Å². The van der Waals surface area contributed by atoms with Gasteiger partial charge in [-0.3, -0.25) is 0 Å². The topological polar surface area (TPSA) is 37.8 Å². The smallest absolute Gasteiger partial charge is 0.133 e. The van der Waals surface area contributed by atoms with Crippen molar-refractivity contribution in [2.45, 2.75) is 26.7 Å². The Hall–Kier alpha value is -1.94.